The molecule has 0 aliphatic carbocycles. The van der Waals surface area contributed by atoms with Crippen molar-refractivity contribution in [2.45, 2.75) is 71.8 Å². The van der Waals surface area contributed by atoms with Crippen LogP contribution in [-0.4, -0.2) is 95.1 Å². The number of methoxy groups -OCH3 is 1. The largest absolute Gasteiger partial charge is 0.492 e. The van der Waals surface area contributed by atoms with Crippen LogP contribution < -0.4 is 20.1 Å². The molecule has 15 heteroatoms. The van der Waals surface area contributed by atoms with Crippen LogP contribution in [0.4, 0.5) is 19.7 Å². The standard InChI is InChI=1S/C34H44FN5O8S/c1-33(2,3)47-31(42)39-15-16-45-19-22(39)20-46-26-18-36-13-11-21(26)17-37-24-12-14-40(32(43)48-34(4,5)6)30(41)27(24)29(49)38-25-10-8-9-23(35)28(25)44-7/h8-11,13,18,22,37H,12,14-17,19-20H2,1-7H3,(H,38,49)/t22-/m1/s1. The summed E-state index contributed by atoms with van der Waals surface area (Å²) in [6, 6.07) is 5.64. The molecule has 2 N–H and O–H groups in total. The summed E-state index contributed by atoms with van der Waals surface area (Å²) in [5, 5.41) is 6.21. The Bertz CT molecular complexity index is 1590. The number of halogens is 1. The summed E-state index contributed by atoms with van der Waals surface area (Å²) in [5.74, 6) is -0.928. The minimum Gasteiger partial charge on any atom is -0.492 e. The van der Waals surface area contributed by atoms with Crippen LogP contribution in [-0.2, 0) is 25.5 Å². The summed E-state index contributed by atoms with van der Waals surface area (Å²) < 4.78 is 42.5. The maximum absolute atomic E-state index is 14.5. The fourth-order valence-electron chi connectivity index (χ4n) is 5.04. The van der Waals surface area contributed by atoms with E-state index >= 15 is 0 Å². The Labute approximate surface area is 291 Å². The summed E-state index contributed by atoms with van der Waals surface area (Å²) in [7, 11) is 1.32. The van der Waals surface area contributed by atoms with Crippen molar-refractivity contribution in [1.82, 2.24) is 20.1 Å². The number of carbonyl (C=O) groups is 3. The van der Waals surface area contributed by atoms with Gasteiger partial charge in [-0.15, -0.1) is 0 Å². The Morgan fingerprint density at radius 1 is 1.08 bits per heavy atom. The van der Waals surface area contributed by atoms with Gasteiger partial charge in [-0.05, 0) is 59.7 Å². The predicted molar refractivity (Wildman–Crippen MR) is 183 cm³/mol. The molecule has 49 heavy (non-hydrogen) atoms. The van der Waals surface area contributed by atoms with Crippen molar-refractivity contribution < 1.29 is 42.5 Å². The van der Waals surface area contributed by atoms with Gasteiger partial charge in [-0.25, -0.2) is 18.9 Å². The first-order valence-electron chi connectivity index (χ1n) is 15.9. The molecule has 0 radical (unpaired) electrons. The lowest BCUT2D eigenvalue weighted by Crippen LogP contribution is -2.52. The van der Waals surface area contributed by atoms with E-state index in [4.69, 9.17) is 35.9 Å². The van der Waals surface area contributed by atoms with E-state index in [2.05, 4.69) is 15.6 Å². The molecule has 3 amide bonds. The van der Waals surface area contributed by atoms with Crippen LogP contribution in [0, 0.1) is 5.82 Å². The van der Waals surface area contributed by atoms with Crippen molar-refractivity contribution in [3.05, 3.63) is 59.3 Å². The molecule has 2 aliphatic rings. The molecule has 1 saturated heterocycles. The van der Waals surface area contributed by atoms with Gasteiger partial charge in [0.1, 0.15) is 28.5 Å². The number of hydrogen-bond acceptors (Lipinski definition) is 11. The van der Waals surface area contributed by atoms with E-state index in [1.807, 2.05) is 20.8 Å². The number of nitrogens with one attached hydrogen (secondary N) is 2. The first-order valence-corrected chi connectivity index (χ1v) is 16.3. The van der Waals surface area contributed by atoms with Gasteiger partial charge in [0, 0.05) is 43.5 Å². The fourth-order valence-corrected chi connectivity index (χ4v) is 5.36. The third kappa shape index (κ3) is 10.0. The van der Waals surface area contributed by atoms with Gasteiger partial charge >= 0.3 is 12.2 Å². The van der Waals surface area contributed by atoms with Gasteiger partial charge < -0.3 is 34.3 Å². The molecule has 266 valence electrons. The zero-order valence-corrected chi connectivity index (χ0v) is 29.7. The maximum atomic E-state index is 14.5. The van der Waals surface area contributed by atoms with Crippen molar-refractivity contribution in [2.24, 2.45) is 0 Å². The highest BCUT2D eigenvalue weighted by Gasteiger charge is 2.37. The van der Waals surface area contributed by atoms with Crippen molar-refractivity contribution in [2.75, 3.05) is 45.3 Å². The van der Waals surface area contributed by atoms with Gasteiger partial charge in [-0.1, -0.05) is 18.3 Å². The number of benzene rings is 1. The number of thiocarbonyl (C=S) groups is 1. The molecule has 0 saturated carbocycles. The summed E-state index contributed by atoms with van der Waals surface area (Å²) in [6.07, 6.45) is 2.14. The van der Waals surface area contributed by atoms with E-state index in [0.717, 1.165) is 4.90 Å². The van der Waals surface area contributed by atoms with Crippen LogP contribution in [0.3, 0.4) is 0 Å². The van der Waals surface area contributed by atoms with Crippen molar-refractivity contribution in [3.63, 3.8) is 0 Å². The fraction of sp³-hybridized carbons (Fsp3) is 0.500. The molecule has 0 unspecified atom stereocenters. The highest BCUT2D eigenvalue weighted by atomic mass is 32.1. The number of imide groups is 1. The number of aromatic nitrogens is 1. The lowest BCUT2D eigenvalue weighted by atomic mass is 10.0. The van der Waals surface area contributed by atoms with Gasteiger partial charge in [0.25, 0.3) is 5.91 Å². The molecule has 3 heterocycles. The van der Waals surface area contributed by atoms with E-state index in [0.29, 0.717) is 30.2 Å². The average molecular weight is 702 g/mol. The zero-order chi connectivity index (χ0) is 35.9. The molecular weight excluding hydrogens is 657 g/mol. The third-order valence-electron chi connectivity index (χ3n) is 7.26. The van der Waals surface area contributed by atoms with Gasteiger partial charge in [0.05, 0.1) is 43.8 Å². The number of morpholine rings is 1. The van der Waals surface area contributed by atoms with Crippen molar-refractivity contribution in [3.8, 4) is 11.5 Å². The van der Waals surface area contributed by atoms with E-state index in [9.17, 15) is 18.8 Å². The summed E-state index contributed by atoms with van der Waals surface area (Å²) in [5.41, 5.74) is -0.103. The number of nitrogens with zero attached hydrogens (tertiary/aromatic N) is 3. The second-order valence-electron chi connectivity index (χ2n) is 13.4. The summed E-state index contributed by atoms with van der Waals surface area (Å²) in [6.45, 7) is 11.9. The Hall–Kier alpha value is -4.50. The first-order chi connectivity index (χ1) is 23.1. The Balaban J connectivity index is 1.56. The second-order valence-corrected chi connectivity index (χ2v) is 13.8. The minimum atomic E-state index is -0.834. The number of hydrogen-bond donors (Lipinski definition) is 2. The van der Waals surface area contributed by atoms with Gasteiger partial charge in [0.2, 0.25) is 0 Å². The van der Waals surface area contributed by atoms with Crippen LogP contribution in [0.2, 0.25) is 0 Å². The third-order valence-corrected chi connectivity index (χ3v) is 7.56. The number of anilines is 1. The number of pyridine rings is 1. The smallest absolute Gasteiger partial charge is 0.417 e. The SMILES string of the molecule is COc1c(F)cccc1NC(=S)C1=C(NCc2ccncc2OC[C@H]2COCCN2C(=O)OC(C)(C)C)CCN(C(=O)OC(C)(C)C)C1=O. The van der Waals surface area contributed by atoms with Crippen molar-refractivity contribution >= 4 is 41.0 Å². The molecular formula is C34H44FN5O8S. The first kappa shape index (κ1) is 37.3. The molecule has 2 aliphatic heterocycles. The Morgan fingerprint density at radius 3 is 2.49 bits per heavy atom. The topological polar surface area (TPSA) is 141 Å². The van der Waals surface area contributed by atoms with E-state index in [-0.39, 0.29) is 54.7 Å². The van der Waals surface area contributed by atoms with Gasteiger partial charge in [-0.2, -0.15) is 0 Å². The molecule has 0 bridgehead atoms. The summed E-state index contributed by atoms with van der Waals surface area (Å²) >= 11 is 5.67. The van der Waals surface area contributed by atoms with Crippen LogP contribution in [0.5, 0.6) is 11.5 Å². The highest BCUT2D eigenvalue weighted by Crippen LogP contribution is 2.30. The van der Waals surface area contributed by atoms with E-state index in [1.165, 1.54) is 19.2 Å². The summed E-state index contributed by atoms with van der Waals surface area (Å²) in [4.78, 5) is 46.5. The minimum absolute atomic E-state index is 0.0160. The number of para-hydroxylation sites is 1. The van der Waals surface area contributed by atoms with Gasteiger partial charge in [0.15, 0.2) is 11.6 Å². The van der Waals surface area contributed by atoms with Crippen LogP contribution in [0.1, 0.15) is 53.5 Å². The lowest BCUT2D eigenvalue weighted by molar-refractivity contribution is -0.126. The highest BCUT2D eigenvalue weighted by molar-refractivity contribution is 7.81. The van der Waals surface area contributed by atoms with E-state index < -0.39 is 41.2 Å². The molecule has 1 aromatic heterocycles. The van der Waals surface area contributed by atoms with Crippen LogP contribution in [0.15, 0.2) is 47.9 Å². The second kappa shape index (κ2) is 15.8. The molecule has 2 aromatic rings. The molecule has 0 spiro atoms. The monoisotopic (exact) mass is 701 g/mol. The Kier molecular flexibility index (Phi) is 12.0. The van der Waals surface area contributed by atoms with Gasteiger partial charge in [-0.3, -0.25) is 14.7 Å². The van der Waals surface area contributed by atoms with E-state index in [1.54, 1.807) is 50.2 Å². The maximum Gasteiger partial charge on any atom is 0.417 e. The molecule has 1 atom stereocenters. The normalized spacial score (nSPS) is 17.0. The average Bonchev–Trinajstić information content (AvgIpc) is 3.01. The molecule has 1 fully saturated rings. The van der Waals surface area contributed by atoms with Crippen molar-refractivity contribution in [1.29, 1.82) is 0 Å². The van der Waals surface area contributed by atoms with Crippen LogP contribution in [0.25, 0.3) is 0 Å². The number of rotatable bonds is 9. The number of carbonyl (C=O) groups excluding carboxylic acids is 3. The zero-order valence-electron chi connectivity index (χ0n) is 28.9. The quantitative estimate of drug-likeness (QED) is 0.333. The molecule has 4 rings (SSSR count). The Morgan fingerprint density at radius 2 is 1.80 bits per heavy atom. The lowest BCUT2D eigenvalue weighted by Gasteiger charge is -2.36. The molecule has 1 aromatic carbocycles. The molecule has 13 nitrogen and oxygen atoms in total. The predicted octanol–water partition coefficient (Wildman–Crippen LogP) is 5.19. The number of ether oxygens (including phenoxy) is 5. The van der Waals surface area contributed by atoms with Crippen LogP contribution >= 0.6 is 12.2 Å². The number of amides is 3.